The Morgan fingerprint density at radius 1 is 1.17 bits per heavy atom. The lowest BCUT2D eigenvalue weighted by Crippen LogP contribution is -2.20. The topological polar surface area (TPSA) is 79.3 Å². The third kappa shape index (κ3) is 5.06. The molecule has 0 spiro atoms. The van der Waals surface area contributed by atoms with Gasteiger partial charge in [-0.1, -0.05) is 38.0 Å². The van der Waals surface area contributed by atoms with Crippen LogP contribution in [0.2, 0.25) is 0 Å². The van der Waals surface area contributed by atoms with Gasteiger partial charge in [0.2, 0.25) is 5.91 Å². The summed E-state index contributed by atoms with van der Waals surface area (Å²) in [5, 5.41) is 12.5. The zero-order valence-electron chi connectivity index (χ0n) is 13.3. The number of carbonyl (C=O) groups excluding carboxylic acids is 1. The highest BCUT2D eigenvalue weighted by atomic mass is 16.4. The summed E-state index contributed by atoms with van der Waals surface area (Å²) >= 11 is 0. The van der Waals surface area contributed by atoms with Gasteiger partial charge >= 0.3 is 5.97 Å². The molecule has 0 aliphatic carbocycles. The number of para-hydroxylation sites is 1. The first kappa shape index (κ1) is 16.9. The van der Waals surface area contributed by atoms with E-state index in [1.165, 1.54) is 0 Å². The molecule has 1 atom stereocenters. The van der Waals surface area contributed by atoms with E-state index < -0.39 is 5.97 Å². The summed E-state index contributed by atoms with van der Waals surface area (Å²) in [6.07, 6.45) is 5.02. The lowest BCUT2D eigenvalue weighted by Gasteiger charge is -2.13. The summed E-state index contributed by atoms with van der Waals surface area (Å²) in [7, 11) is 0. The molecule has 5 nitrogen and oxygen atoms in total. The van der Waals surface area contributed by atoms with Gasteiger partial charge in [0.25, 0.3) is 0 Å². The van der Waals surface area contributed by atoms with Crippen LogP contribution in [-0.2, 0) is 9.59 Å². The molecule has 0 radical (unpaired) electrons. The first-order valence-corrected chi connectivity index (χ1v) is 7.94. The fourth-order valence-corrected chi connectivity index (χ4v) is 2.50. The quantitative estimate of drug-likeness (QED) is 0.725. The molecule has 1 heterocycles. The smallest absolute Gasteiger partial charge is 0.303 e. The summed E-state index contributed by atoms with van der Waals surface area (Å²) < 4.78 is 0. The second-order valence-electron chi connectivity index (χ2n) is 5.76. The number of hydrogen-bond donors (Lipinski definition) is 2. The third-order valence-corrected chi connectivity index (χ3v) is 3.87. The van der Waals surface area contributed by atoms with Crippen molar-refractivity contribution in [2.45, 2.75) is 39.0 Å². The van der Waals surface area contributed by atoms with E-state index in [1.54, 1.807) is 6.20 Å². The van der Waals surface area contributed by atoms with Gasteiger partial charge in [0.15, 0.2) is 0 Å². The standard InChI is InChI=1S/C18H22N2O3/c1-13(7-3-2-4-11-16(21)22)18(23)20-15-10-5-8-14-9-6-12-19-17(14)15/h5-6,8-10,12-13H,2-4,7,11H2,1H3,(H,20,23)(H,21,22). The summed E-state index contributed by atoms with van der Waals surface area (Å²) in [6.45, 7) is 1.89. The number of fused-ring (bicyclic) bond motifs is 1. The first-order chi connectivity index (χ1) is 11.1. The predicted molar refractivity (Wildman–Crippen MR) is 90.3 cm³/mol. The average Bonchev–Trinajstić information content (AvgIpc) is 2.54. The second-order valence-corrected chi connectivity index (χ2v) is 5.76. The lowest BCUT2D eigenvalue weighted by molar-refractivity contribution is -0.137. The number of nitrogens with one attached hydrogen (secondary N) is 1. The van der Waals surface area contributed by atoms with Crippen LogP contribution in [0, 0.1) is 5.92 Å². The molecule has 0 fully saturated rings. The zero-order chi connectivity index (χ0) is 16.7. The van der Waals surface area contributed by atoms with Crippen LogP contribution < -0.4 is 5.32 Å². The minimum atomic E-state index is -0.765. The van der Waals surface area contributed by atoms with Gasteiger partial charge in [-0.15, -0.1) is 0 Å². The first-order valence-electron chi connectivity index (χ1n) is 7.94. The number of benzene rings is 1. The van der Waals surface area contributed by atoms with Crippen LogP contribution in [0.4, 0.5) is 5.69 Å². The van der Waals surface area contributed by atoms with Crippen LogP contribution in [0.15, 0.2) is 36.5 Å². The molecule has 0 saturated carbocycles. The summed E-state index contributed by atoms with van der Waals surface area (Å²) in [5.41, 5.74) is 1.52. The lowest BCUT2D eigenvalue weighted by atomic mass is 10.0. The largest absolute Gasteiger partial charge is 0.481 e. The van der Waals surface area contributed by atoms with E-state index in [4.69, 9.17) is 5.11 Å². The molecule has 0 bridgehead atoms. The number of amides is 1. The Morgan fingerprint density at radius 2 is 1.96 bits per heavy atom. The van der Waals surface area contributed by atoms with Crippen molar-refractivity contribution >= 4 is 28.5 Å². The van der Waals surface area contributed by atoms with E-state index in [-0.39, 0.29) is 18.2 Å². The van der Waals surface area contributed by atoms with Crippen molar-refractivity contribution < 1.29 is 14.7 Å². The fraction of sp³-hybridized carbons (Fsp3) is 0.389. The molecule has 0 aliphatic heterocycles. The number of pyridine rings is 1. The molecule has 2 aromatic rings. The number of aliphatic carboxylic acids is 1. The number of nitrogens with zero attached hydrogens (tertiary/aromatic N) is 1. The molecule has 23 heavy (non-hydrogen) atoms. The molecule has 1 amide bonds. The van der Waals surface area contributed by atoms with Gasteiger partial charge < -0.3 is 10.4 Å². The molecule has 5 heteroatoms. The van der Waals surface area contributed by atoms with E-state index in [1.807, 2.05) is 37.3 Å². The highest BCUT2D eigenvalue weighted by Gasteiger charge is 2.14. The molecule has 0 aliphatic rings. The van der Waals surface area contributed by atoms with Gasteiger partial charge in [0.1, 0.15) is 0 Å². The van der Waals surface area contributed by atoms with Crippen molar-refractivity contribution in [2.24, 2.45) is 5.92 Å². The molecule has 1 unspecified atom stereocenters. The van der Waals surface area contributed by atoms with Crippen LogP contribution in [-0.4, -0.2) is 22.0 Å². The minimum Gasteiger partial charge on any atom is -0.481 e. The average molecular weight is 314 g/mol. The number of rotatable bonds is 8. The normalized spacial score (nSPS) is 12.0. The van der Waals surface area contributed by atoms with Gasteiger partial charge in [-0.2, -0.15) is 0 Å². The SMILES string of the molecule is CC(CCCCCC(=O)O)C(=O)Nc1cccc2cccnc12. The van der Waals surface area contributed by atoms with Crippen LogP contribution >= 0.6 is 0 Å². The summed E-state index contributed by atoms with van der Waals surface area (Å²) in [5.74, 6) is -0.903. The Kier molecular flexibility index (Phi) is 6.09. The van der Waals surface area contributed by atoms with Gasteiger partial charge in [-0.3, -0.25) is 14.6 Å². The fourth-order valence-electron chi connectivity index (χ4n) is 2.50. The number of carbonyl (C=O) groups is 2. The number of carboxylic acids is 1. The molecular formula is C18H22N2O3. The number of unbranched alkanes of at least 4 members (excludes halogenated alkanes) is 2. The molecular weight excluding hydrogens is 292 g/mol. The van der Waals surface area contributed by atoms with Crippen molar-refractivity contribution in [3.8, 4) is 0 Å². The Labute approximate surface area is 135 Å². The Balaban J connectivity index is 1.86. The van der Waals surface area contributed by atoms with Crippen LogP contribution in [0.1, 0.15) is 39.0 Å². The second kappa shape index (κ2) is 8.27. The molecule has 122 valence electrons. The molecule has 2 rings (SSSR count). The number of carboxylic acid groups (broad SMARTS) is 1. The predicted octanol–water partition coefficient (Wildman–Crippen LogP) is 3.84. The van der Waals surface area contributed by atoms with E-state index in [9.17, 15) is 9.59 Å². The highest BCUT2D eigenvalue weighted by molar-refractivity contribution is 6.00. The van der Waals surface area contributed by atoms with E-state index in [0.717, 1.165) is 35.9 Å². The maximum absolute atomic E-state index is 12.3. The summed E-state index contributed by atoms with van der Waals surface area (Å²) in [4.78, 5) is 27.1. The molecule has 0 saturated heterocycles. The maximum atomic E-state index is 12.3. The minimum absolute atomic E-state index is 0.0265. The highest BCUT2D eigenvalue weighted by Crippen LogP contribution is 2.22. The van der Waals surface area contributed by atoms with Crippen molar-refractivity contribution in [1.29, 1.82) is 0 Å². The van der Waals surface area contributed by atoms with Gasteiger partial charge in [0.05, 0.1) is 11.2 Å². The number of anilines is 1. The van der Waals surface area contributed by atoms with Crippen molar-refractivity contribution in [3.63, 3.8) is 0 Å². The van der Waals surface area contributed by atoms with E-state index in [0.29, 0.717) is 6.42 Å². The van der Waals surface area contributed by atoms with Crippen molar-refractivity contribution in [2.75, 3.05) is 5.32 Å². The van der Waals surface area contributed by atoms with Gasteiger partial charge in [0, 0.05) is 23.9 Å². The summed E-state index contributed by atoms with van der Waals surface area (Å²) in [6, 6.07) is 9.55. The van der Waals surface area contributed by atoms with E-state index in [2.05, 4.69) is 10.3 Å². The Morgan fingerprint density at radius 3 is 2.74 bits per heavy atom. The monoisotopic (exact) mass is 314 g/mol. The van der Waals surface area contributed by atoms with Crippen LogP contribution in [0.5, 0.6) is 0 Å². The number of aromatic nitrogens is 1. The van der Waals surface area contributed by atoms with Crippen molar-refractivity contribution in [1.82, 2.24) is 4.98 Å². The van der Waals surface area contributed by atoms with Gasteiger partial charge in [-0.25, -0.2) is 0 Å². The third-order valence-electron chi connectivity index (χ3n) is 3.87. The Bertz CT molecular complexity index is 680. The number of hydrogen-bond acceptors (Lipinski definition) is 3. The van der Waals surface area contributed by atoms with Crippen LogP contribution in [0.3, 0.4) is 0 Å². The van der Waals surface area contributed by atoms with Gasteiger partial charge in [-0.05, 0) is 25.0 Å². The molecule has 1 aromatic heterocycles. The maximum Gasteiger partial charge on any atom is 0.303 e. The Hall–Kier alpha value is -2.43. The molecule has 1 aromatic carbocycles. The van der Waals surface area contributed by atoms with Crippen LogP contribution in [0.25, 0.3) is 10.9 Å². The molecule has 2 N–H and O–H groups in total. The zero-order valence-corrected chi connectivity index (χ0v) is 13.3. The van der Waals surface area contributed by atoms with Crippen molar-refractivity contribution in [3.05, 3.63) is 36.5 Å². The van der Waals surface area contributed by atoms with E-state index >= 15 is 0 Å².